The van der Waals surface area contributed by atoms with Gasteiger partial charge in [0, 0.05) is 18.3 Å². The zero-order chi connectivity index (χ0) is 13.0. The molecule has 2 heterocycles. The molecule has 0 aromatic carbocycles. The second-order valence-corrected chi connectivity index (χ2v) is 3.38. The molecule has 10 nitrogen and oxygen atoms in total. The van der Waals surface area contributed by atoms with Crippen molar-refractivity contribution in [1.82, 2.24) is 35.9 Å². The van der Waals surface area contributed by atoms with Crippen LogP contribution in [0.5, 0.6) is 0 Å². The van der Waals surface area contributed by atoms with Crippen LogP contribution in [-0.2, 0) is 11.2 Å². The van der Waals surface area contributed by atoms with E-state index in [1.807, 2.05) is 0 Å². The van der Waals surface area contributed by atoms with Gasteiger partial charge in [0.25, 0.3) is 11.7 Å². The Balaban J connectivity index is 2.03. The van der Waals surface area contributed by atoms with Gasteiger partial charge in [-0.2, -0.15) is 5.21 Å². The maximum absolute atomic E-state index is 11.6. The smallest absolute Gasteiger partial charge is 0.326 e. The van der Waals surface area contributed by atoms with E-state index in [1.165, 1.54) is 12.5 Å². The average molecular weight is 251 g/mol. The third-order valence-corrected chi connectivity index (χ3v) is 2.13. The third-order valence-electron chi connectivity index (χ3n) is 2.13. The number of amides is 1. The fourth-order valence-corrected chi connectivity index (χ4v) is 1.30. The van der Waals surface area contributed by atoms with Crippen LogP contribution in [0.2, 0.25) is 0 Å². The number of carboxylic acid groups (broad SMARTS) is 1. The zero-order valence-corrected chi connectivity index (χ0v) is 8.99. The van der Waals surface area contributed by atoms with Gasteiger partial charge in [0.15, 0.2) is 0 Å². The first-order chi connectivity index (χ1) is 8.66. The Hall–Kier alpha value is -2.78. The maximum Gasteiger partial charge on any atom is 0.326 e. The molecule has 1 atom stereocenters. The predicted molar refractivity (Wildman–Crippen MR) is 55.4 cm³/mol. The minimum Gasteiger partial charge on any atom is -0.480 e. The molecule has 2 aromatic heterocycles. The summed E-state index contributed by atoms with van der Waals surface area (Å²) >= 11 is 0. The number of tetrazole rings is 1. The summed E-state index contributed by atoms with van der Waals surface area (Å²) in [5.74, 6) is -2.09. The number of hydrogen-bond donors (Lipinski definition) is 4. The number of rotatable bonds is 5. The van der Waals surface area contributed by atoms with Crippen molar-refractivity contribution in [3.8, 4) is 0 Å². The number of nitrogens with one attached hydrogen (secondary N) is 3. The Morgan fingerprint density at radius 2 is 2.33 bits per heavy atom. The second kappa shape index (κ2) is 5.03. The second-order valence-electron chi connectivity index (χ2n) is 3.38. The fraction of sp³-hybridized carbons (Fsp3) is 0.250. The first kappa shape index (κ1) is 11.7. The van der Waals surface area contributed by atoms with E-state index in [0.29, 0.717) is 5.69 Å². The molecule has 0 unspecified atom stereocenters. The van der Waals surface area contributed by atoms with E-state index in [4.69, 9.17) is 5.11 Å². The molecule has 4 N–H and O–H groups in total. The van der Waals surface area contributed by atoms with Crippen molar-refractivity contribution in [3.63, 3.8) is 0 Å². The molecule has 0 aliphatic rings. The van der Waals surface area contributed by atoms with Crippen LogP contribution >= 0.6 is 0 Å². The number of nitrogens with zero attached hydrogens (tertiary/aromatic N) is 4. The van der Waals surface area contributed by atoms with Crippen LogP contribution in [0.4, 0.5) is 0 Å². The lowest BCUT2D eigenvalue weighted by atomic mass is 10.1. The molecule has 10 heteroatoms. The summed E-state index contributed by atoms with van der Waals surface area (Å²) < 4.78 is 0. The number of carbonyl (C=O) groups is 2. The number of aliphatic carboxylic acids is 1. The molecule has 18 heavy (non-hydrogen) atoms. The van der Waals surface area contributed by atoms with Gasteiger partial charge in [-0.3, -0.25) is 4.79 Å². The maximum atomic E-state index is 11.6. The monoisotopic (exact) mass is 251 g/mol. The Morgan fingerprint density at radius 1 is 1.50 bits per heavy atom. The highest BCUT2D eigenvalue weighted by Crippen LogP contribution is 1.99. The number of hydrogen-bond acceptors (Lipinski definition) is 6. The molecule has 0 spiro atoms. The summed E-state index contributed by atoms with van der Waals surface area (Å²) in [6, 6.07) is -1.10. The van der Waals surface area contributed by atoms with Crippen molar-refractivity contribution in [2.75, 3.05) is 0 Å². The normalized spacial score (nSPS) is 12.0. The molecule has 2 rings (SSSR count). The molecule has 1 amide bonds. The summed E-state index contributed by atoms with van der Waals surface area (Å²) in [7, 11) is 0. The first-order valence-corrected chi connectivity index (χ1v) is 4.91. The number of carboxylic acids is 1. The largest absolute Gasteiger partial charge is 0.480 e. The van der Waals surface area contributed by atoms with Crippen LogP contribution in [0.1, 0.15) is 16.3 Å². The quantitative estimate of drug-likeness (QED) is 0.497. The zero-order valence-electron chi connectivity index (χ0n) is 8.99. The van der Waals surface area contributed by atoms with Gasteiger partial charge in [-0.25, -0.2) is 9.78 Å². The lowest BCUT2D eigenvalue weighted by Crippen LogP contribution is -2.42. The van der Waals surface area contributed by atoms with Gasteiger partial charge in [-0.15, -0.1) is 10.2 Å². The van der Waals surface area contributed by atoms with Gasteiger partial charge in [-0.05, 0) is 5.21 Å². The molecule has 0 radical (unpaired) electrons. The Bertz CT molecular complexity index is 521. The molecular formula is C8H9N7O3. The molecular weight excluding hydrogens is 242 g/mol. The van der Waals surface area contributed by atoms with E-state index in [9.17, 15) is 9.59 Å². The number of carbonyl (C=O) groups excluding carboxylic acids is 1. The predicted octanol–water partition coefficient (Wildman–Crippen LogP) is -1.65. The highest BCUT2D eigenvalue weighted by Gasteiger charge is 2.23. The van der Waals surface area contributed by atoms with Crippen LogP contribution in [0.25, 0.3) is 0 Å². The van der Waals surface area contributed by atoms with Crippen LogP contribution in [0.3, 0.4) is 0 Å². The molecule has 2 aromatic rings. The lowest BCUT2D eigenvalue weighted by Gasteiger charge is -2.11. The third kappa shape index (κ3) is 2.66. The van der Waals surface area contributed by atoms with Crippen molar-refractivity contribution >= 4 is 11.9 Å². The summed E-state index contributed by atoms with van der Waals surface area (Å²) in [6.45, 7) is 0. The van der Waals surface area contributed by atoms with E-state index < -0.39 is 17.9 Å². The van der Waals surface area contributed by atoms with Crippen molar-refractivity contribution in [2.24, 2.45) is 0 Å². The molecule has 0 aliphatic carbocycles. The van der Waals surface area contributed by atoms with Gasteiger partial charge < -0.3 is 15.4 Å². The number of aromatic nitrogens is 6. The molecule has 0 aliphatic heterocycles. The van der Waals surface area contributed by atoms with E-state index in [-0.39, 0.29) is 12.2 Å². The van der Waals surface area contributed by atoms with Crippen molar-refractivity contribution in [2.45, 2.75) is 12.5 Å². The van der Waals surface area contributed by atoms with Crippen LogP contribution in [-0.4, -0.2) is 53.6 Å². The van der Waals surface area contributed by atoms with Crippen LogP contribution in [0.15, 0.2) is 12.5 Å². The molecule has 0 saturated carbocycles. The van der Waals surface area contributed by atoms with E-state index >= 15 is 0 Å². The SMILES string of the molecule is O=C(N[C@@H](Cc1cnc[nH]1)C(=O)O)c1nn[nH]n1. The molecule has 0 bridgehead atoms. The highest BCUT2D eigenvalue weighted by atomic mass is 16.4. The van der Waals surface area contributed by atoms with Crippen molar-refractivity contribution < 1.29 is 14.7 Å². The van der Waals surface area contributed by atoms with Crippen LogP contribution < -0.4 is 5.32 Å². The van der Waals surface area contributed by atoms with E-state index in [1.54, 1.807) is 0 Å². The molecule has 94 valence electrons. The summed E-state index contributed by atoms with van der Waals surface area (Å²) in [6.07, 6.45) is 2.99. The topological polar surface area (TPSA) is 150 Å². The first-order valence-electron chi connectivity index (χ1n) is 4.91. The average Bonchev–Trinajstić information content (AvgIpc) is 3.00. The van der Waals surface area contributed by atoms with Gasteiger partial charge in [-0.1, -0.05) is 0 Å². The molecule has 0 saturated heterocycles. The molecule has 0 fully saturated rings. The van der Waals surface area contributed by atoms with Crippen molar-refractivity contribution in [1.29, 1.82) is 0 Å². The Kier molecular flexibility index (Phi) is 3.27. The van der Waals surface area contributed by atoms with Crippen LogP contribution in [0, 0.1) is 0 Å². The highest BCUT2D eigenvalue weighted by molar-refractivity contribution is 5.93. The standard InChI is InChI=1S/C8H9N7O3/c16-7(6-12-14-15-13-6)11-5(8(17)18)1-4-2-9-3-10-4/h2-3,5H,1H2,(H,9,10)(H,11,16)(H,17,18)(H,12,13,14,15)/t5-/m0/s1. The Labute approximate surface area is 99.8 Å². The van der Waals surface area contributed by atoms with Gasteiger partial charge >= 0.3 is 5.97 Å². The van der Waals surface area contributed by atoms with Gasteiger partial charge in [0.2, 0.25) is 0 Å². The summed E-state index contributed by atoms with van der Waals surface area (Å²) in [5.41, 5.74) is 0.593. The summed E-state index contributed by atoms with van der Waals surface area (Å²) in [4.78, 5) is 29.1. The lowest BCUT2D eigenvalue weighted by molar-refractivity contribution is -0.139. The Morgan fingerprint density at radius 3 is 2.89 bits per heavy atom. The van der Waals surface area contributed by atoms with Gasteiger partial charge in [0.05, 0.1) is 6.33 Å². The van der Waals surface area contributed by atoms with E-state index in [2.05, 4.69) is 35.9 Å². The minimum atomic E-state index is -1.17. The minimum absolute atomic E-state index is 0.0823. The summed E-state index contributed by atoms with van der Waals surface area (Å²) in [5, 5.41) is 23.5. The number of aromatic amines is 2. The fourth-order valence-electron chi connectivity index (χ4n) is 1.30. The van der Waals surface area contributed by atoms with Crippen molar-refractivity contribution in [3.05, 3.63) is 24.0 Å². The number of H-pyrrole nitrogens is 2. The number of imidazole rings is 1. The van der Waals surface area contributed by atoms with Gasteiger partial charge in [0.1, 0.15) is 6.04 Å². The van der Waals surface area contributed by atoms with E-state index in [0.717, 1.165) is 0 Å².